The van der Waals surface area contributed by atoms with E-state index in [0.717, 1.165) is 85.6 Å². The average molecular weight is 499 g/mol. The van der Waals surface area contributed by atoms with Gasteiger partial charge in [-0.15, -0.1) is 15.0 Å². The highest BCUT2D eigenvalue weighted by Crippen LogP contribution is 2.46. The van der Waals surface area contributed by atoms with Crippen LogP contribution in [0.5, 0.6) is 5.75 Å². The SMILES string of the molecule is Cc1cc(CC2CCC(CN3C(=O)C4=C(CCCC4)C4OC43)CC2)c(O)c(-n2nc3ccccc3n2)c1. The van der Waals surface area contributed by atoms with E-state index in [-0.39, 0.29) is 24.0 Å². The molecule has 2 aliphatic carbocycles. The minimum absolute atomic E-state index is 0.00251. The second kappa shape index (κ2) is 8.98. The Hall–Kier alpha value is -3.19. The van der Waals surface area contributed by atoms with Gasteiger partial charge in [-0.2, -0.15) is 0 Å². The van der Waals surface area contributed by atoms with Gasteiger partial charge in [0.25, 0.3) is 5.91 Å². The zero-order valence-electron chi connectivity index (χ0n) is 21.4. The molecule has 1 aromatic heterocycles. The number of carbonyl (C=O) groups excluding carboxylic acids is 1. The number of ether oxygens (including phenoxy) is 1. The predicted molar refractivity (Wildman–Crippen MR) is 140 cm³/mol. The lowest BCUT2D eigenvalue weighted by Crippen LogP contribution is -2.44. The van der Waals surface area contributed by atoms with E-state index in [9.17, 15) is 9.90 Å². The number of amides is 1. The summed E-state index contributed by atoms with van der Waals surface area (Å²) < 4.78 is 5.97. The third-order valence-electron chi connectivity index (χ3n) is 8.89. The molecule has 2 fully saturated rings. The maximum Gasteiger partial charge on any atom is 0.251 e. The zero-order chi connectivity index (χ0) is 25.1. The Kier molecular flexibility index (Phi) is 5.57. The maximum atomic E-state index is 13.2. The van der Waals surface area contributed by atoms with Crippen LogP contribution in [0.4, 0.5) is 0 Å². The van der Waals surface area contributed by atoms with Crippen LogP contribution in [0.2, 0.25) is 0 Å². The summed E-state index contributed by atoms with van der Waals surface area (Å²) in [6.07, 6.45) is 9.77. The molecule has 2 atom stereocenters. The van der Waals surface area contributed by atoms with E-state index in [1.165, 1.54) is 12.0 Å². The van der Waals surface area contributed by atoms with Gasteiger partial charge in [0.05, 0.1) is 0 Å². The van der Waals surface area contributed by atoms with Gasteiger partial charge in [-0.05, 0) is 111 Å². The quantitative estimate of drug-likeness (QED) is 0.488. The standard InChI is InChI=1S/C30H34N4O3/c1-18-14-21(27(35)26(15-18)34-31-24-8-4-5-9-25(24)32-34)16-19-10-12-20(13-11-19)17-33-29(36)23-7-3-2-6-22(23)28-30(33)37-28/h4-5,8-9,14-15,19-20,28,30,35H,2-3,6-7,10-13,16-17H2,1H3. The van der Waals surface area contributed by atoms with Crippen LogP contribution >= 0.6 is 0 Å². The van der Waals surface area contributed by atoms with Crippen molar-refractivity contribution in [3.63, 3.8) is 0 Å². The Balaban J connectivity index is 1.01. The van der Waals surface area contributed by atoms with Gasteiger partial charge in [0.1, 0.15) is 28.6 Å². The maximum absolute atomic E-state index is 13.2. The number of phenols is 1. The van der Waals surface area contributed by atoms with Gasteiger partial charge >= 0.3 is 0 Å². The molecule has 2 unspecified atom stereocenters. The van der Waals surface area contributed by atoms with E-state index in [1.807, 2.05) is 35.2 Å². The number of aryl methyl sites for hydroxylation is 1. The van der Waals surface area contributed by atoms with Crippen LogP contribution in [0.1, 0.15) is 62.5 Å². The minimum Gasteiger partial charge on any atom is -0.505 e. The second-order valence-corrected chi connectivity index (χ2v) is 11.5. The predicted octanol–water partition coefficient (Wildman–Crippen LogP) is 5.22. The zero-order valence-corrected chi connectivity index (χ0v) is 21.4. The van der Waals surface area contributed by atoms with Gasteiger partial charge in [0, 0.05) is 12.1 Å². The second-order valence-electron chi connectivity index (χ2n) is 11.5. The van der Waals surface area contributed by atoms with Crippen molar-refractivity contribution < 1.29 is 14.6 Å². The highest BCUT2D eigenvalue weighted by atomic mass is 16.6. The number of benzene rings is 2. The van der Waals surface area contributed by atoms with Gasteiger partial charge in [-0.3, -0.25) is 4.79 Å². The van der Waals surface area contributed by atoms with Crippen LogP contribution in [0.25, 0.3) is 16.7 Å². The van der Waals surface area contributed by atoms with Crippen molar-refractivity contribution in [2.45, 2.75) is 77.0 Å². The highest BCUT2D eigenvalue weighted by molar-refractivity contribution is 5.96. The first kappa shape index (κ1) is 23.0. The Labute approximate surface area is 217 Å². The summed E-state index contributed by atoms with van der Waals surface area (Å²) in [5, 5.41) is 20.3. The first-order chi connectivity index (χ1) is 18.0. The van der Waals surface area contributed by atoms with Crippen LogP contribution in [0.15, 0.2) is 47.5 Å². The number of epoxide rings is 1. The Morgan fingerprint density at radius 1 is 1.00 bits per heavy atom. The van der Waals surface area contributed by atoms with E-state index in [0.29, 0.717) is 17.5 Å². The molecule has 0 spiro atoms. The summed E-state index contributed by atoms with van der Waals surface area (Å²) >= 11 is 0. The molecule has 3 heterocycles. The Bertz CT molecular complexity index is 1370. The lowest BCUT2D eigenvalue weighted by Gasteiger charge is -2.35. The van der Waals surface area contributed by atoms with Gasteiger partial charge in [-0.1, -0.05) is 18.2 Å². The molecular formula is C30H34N4O3. The molecule has 1 amide bonds. The molecule has 7 rings (SSSR count). The van der Waals surface area contributed by atoms with Crippen molar-refractivity contribution in [2.24, 2.45) is 11.8 Å². The number of hydrogen-bond acceptors (Lipinski definition) is 5. The largest absolute Gasteiger partial charge is 0.505 e. The van der Waals surface area contributed by atoms with Crippen LogP contribution in [-0.2, 0) is 16.0 Å². The first-order valence-electron chi connectivity index (χ1n) is 13.9. The molecule has 2 aromatic carbocycles. The minimum atomic E-state index is -0.00251. The van der Waals surface area contributed by atoms with Crippen molar-refractivity contribution in [2.75, 3.05) is 6.54 Å². The number of fused-ring (bicyclic) bond motifs is 3. The molecule has 37 heavy (non-hydrogen) atoms. The Morgan fingerprint density at radius 3 is 2.46 bits per heavy atom. The van der Waals surface area contributed by atoms with Crippen molar-refractivity contribution in [1.82, 2.24) is 19.9 Å². The molecule has 0 radical (unpaired) electrons. The van der Waals surface area contributed by atoms with E-state index in [2.05, 4.69) is 23.2 Å². The molecule has 0 bridgehead atoms. The highest BCUT2D eigenvalue weighted by Gasteiger charge is 2.54. The third-order valence-corrected chi connectivity index (χ3v) is 8.89. The van der Waals surface area contributed by atoms with E-state index in [1.54, 1.807) is 4.80 Å². The van der Waals surface area contributed by atoms with Crippen LogP contribution in [0.3, 0.4) is 0 Å². The number of nitrogens with zero attached hydrogens (tertiary/aromatic N) is 4. The smallest absolute Gasteiger partial charge is 0.251 e. The summed E-state index contributed by atoms with van der Waals surface area (Å²) in [4.78, 5) is 16.8. The summed E-state index contributed by atoms with van der Waals surface area (Å²) in [5.41, 5.74) is 6.69. The fraction of sp³-hybridized carbons (Fsp3) is 0.500. The van der Waals surface area contributed by atoms with Crippen LogP contribution in [-0.4, -0.2) is 49.8 Å². The summed E-state index contributed by atoms with van der Waals surface area (Å²) in [7, 11) is 0. The molecule has 4 aliphatic rings. The topological polar surface area (TPSA) is 83.8 Å². The molecule has 3 aromatic rings. The van der Waals surface area contributed by atoms with Crippen molar-refractivity contribution >= 4 is 16.9 Å². The fourth-order valence-corrected chi connectivity index (χ4v) is 6.87. The molecule has 7 heteroatoms. The summed E-state index contributed by atoms with van der Waals surface area (Å²) in [6.45, 7) is 2.88. The van der Waals surface area contributed by atoms with Gasteiger partial charge < -0.3 is 14.7 Å². The Morgan fingerprint density at radius 2 is 1.70 bits per heavy atom. The number of aromatic hydroxyl groups is 1. The van der Waals surface area contributed by atoms with Gasteiger partial charge in [0.2, 0.25) is 0 Å². The van der Waals surface area contributed by atoms with Crippen molar-refractivity contribution in [1.29, 1.82) is 0 Å². The monoisotopic (exact) mass is 498 g/mol. The first-order valence-corrected chi connectivity index (χ1v) is 13.9. The molecule has 1 saturated heterocycles. The molecule has 7 nitrogen and oxygen atoms in total. The number of rotatable bonds is 5. The molecular weight excluding hydrogens is 464 g/mol. The average Bonchev–Trinajstić information content (AvgIpc) is 3.60. The van der Waals surface area contributed by atoms with E-state index in [4.69, 9.17) is 4.74 Å². The normalized spacial score (nSPS) is 27.4. The van der Waals surface area contributed by atoms with Crippen molar-refractivity contribution in [3.8, 4) is 11.4 Å². The lowest BCUT2D eigenvalue weighted by atomic mass is 9.78. The van der Waals surface area contributed by atoms with E-state index >= 15 is 0 Å². The number of carbonyl (C=O) groups is 1. The van der Waals surface area contributed by atoms with Crippen LogP contribution < -0.4 is 0 Å². The fourth-order valence-electron chi connectivity index (χ4n) is 6.87. The molecule has 1 N–H and O–H groups in total. The summed E-state index contributed by atoms with van der Waals surface area (Å²) in [6, 6.07) is 11.8. The molecule has 2 aliphatic heterocycles. The van der Waals surface area contributed by atoms with Gasteiger partial charge in [0.15, 0.2) is 6.23 Å². The number of hydrogen-bond donors (Lipinski definition) is 1. The van der Waals surface area contributed by atoms with Crippen LogP contribution in [0, 0.1) is 18.8 Å². The molecule has 1 saturated carbocycles. The van der Waals surface area contributed by atoms with E-state index < -0.39 is 0 Å². The van der Waals surface area contributed by atoms with Crippen molar-refractivity contribution in [3.05, 3.63) is 58.7 Å². The lowest BCUT2D eigenvalue weighted by molar-refractivity contribution is -0.130. The summed E-state index contributed by atoms with van der Waals surface area (Å²) in [5.74, 6) is 1.57. The third kappa shape index (κ3) is 4.13. The number of aromatic nitrogens is 3. The van der Waals surface area contributed by atoms with Gasteiger partial charge in [-0.25, -0.2) is 0 Å². The number of phenolic OH excluding ortho intramolecular Hbond substituents is 1. The molecule has 192 valence electrons.